The number of thioether (sulfide) groups is 1. The lowest BCUT2D eigenvalue weighted by atomic mass is 10.1. The Hall–Kier alpha value is -2.27. The molecule has 2 aromatic carbocycles. The molecule has 0 radical (unpaired) electrons. The third-order valence-electron chi connectivity index (χ3n) is 3.96. The van der Waals surface area contributed by atoms with Crippen LogP contribution in [0, 0.1) is 0 Å². The van der Waals surface area contributed by atoms with Gasteiger partial charge in [-0.05, 0) is 30.2 Å². The maximum Gasteiger partial charge on any atom is 0.244 e. The van der Waals surface area contributed by atoms with Crippen molar-refractivity contribution in [3.8, 4) is 0 Å². The molecule has 5 heteroatoms. The van der Waals surface area contributed by atoms with Crippen molar-refractivity contribution in [2.45, 2.75) is 16.6 Å². The van der Waals surface area contributed by atoms with E-state index in [1.165, 1.54) is 5.56 Å². The van der Waals surface area contributed by atoms with Crippen molar-refractivity contribution in [3.05, 3.63) is 54.1 Å². The van der Waals surface area contributed by atoms with Crippen LogP contribution in [-0.4, -0.2) is 23.6 Å². The molecule has 0 saturated carbocycles. The Kier molecular flexibility index (Phi) is 3.15. The SMILES string of the molecule is O=C1CN(C(=O)C2Cc3ccccc3S2)c2ccccc2N1. The molecule has 0 aromatic heterocycles. The van der Waals surface area contributed by atoms with Crippen molar-refractivity contribution < 1.29 is 9.59 Å². The lowest BCUT2D eigenvalue weighted by Crippen LogP contribution is -2.45. The lowest BCUT2D eigenvalue weighted by molar-refractivity contribution is -0.121. The molecule has 0 spiro atoms. The summed E-state index contributed by atoms with van der Waals surface area (Å²) in [7, 11) is 0. The number of hydrogen-bond donors (Lipinski definition) is 1. The van der Waals surface area contributed by atoms with Crippen molar-refractivity contribution in [3.63, 3.8) is 0 Å². The highest BCUT2D eigenvalue weighted by Gasteiger charge is 2.35. The fourth-order valence-corrected chi connectivity index (χ4v) is 4.18. The number of nitrogens with zero attached hydrogens (tertiary/aromatic N) is 1. The molecule has 2 aromatic rings. The van der Waals surface area contributed by atoms with Crippen LogP contribution in [-0.2, 0) is 16.0 Å². The van der Waals surface area contributed by atoms with Crippen LogP contribution in [0.1, 0.15) is 5.56 Å². The van der Waals surface area contributed by atoms with E-state index in [-0.39, 0.29) is 23.6 Å². The highest BCUT2D eigenvalue weighted by atomic mass is 32.2. The van der Waals surface area contributed by atoms with Gasteiger partial charge in [-0.25, -0.2) is 0 Å². The van der Waals surface area contributed by atoms with Crippen molar-refractivity contribution in [1.29, 1.82) is 0 Å². The predicted molar refractivity (Wildman–Crippen MR) is 87.2 cm³/mol. The van der Waals surface area contributed by atoms with Crippen molar-refractivity contribution >= 4 is 35.0 Å². The minimum Gasteiger partial charge on any atom is -0.323 e. The van der Waals surface area contributed by atoms with Crippen molar-refractivity contribution in [2.24, 2.45) is 0 Å². The van der Waals surface area contributed by atoms with E-state index in [9.17, 15) is 9.59 Å². The van der Waals surface area contributed by atoms with Crippen LogP contribution in [0.15, 0.2) is 53.4 Å². The highest BCUT2D eigenvalue weighted by molar-refractivity contribution is 8.01. The van der Waals surface area contributed by atoms with Crippen LogP contribution < -0.4 is 10.2 Å². The molecule has 1 N–H and O–H groups in total. The Bertz CT molecular complexity index is 750. The first-order chi connectivity index (χ1) is 10.7. The number of fused-ring (bicyclic) bond motifs is 2. The molecular weight excluding hydrogens is 296 g/mol. The molecule has 4 nitrogen and oxygen atoms in total. The summed E-state index contributed by atoms with van der Waals surface area (Å²) in [5, 5.41) is 2.66. The number of carbonyl (C=O) groups excluding carboxylic acids is 2. The van der Waals surface area contributed by atoms with Gasteiger partial charge in [0.05, 0.1) is 16.6 Å². The molecule has 0 fully saturated rings. The third kappa shape index (κ3) is 2.18. The van der Waals surface area contributed by atoms with Gasteiger partial charge in [-0.2, -0.15) is 0 Å². The standard InChI is InChI=1S/C17H14N2O2S/c20-16-10-19(13-7-3-2-6-12(13)18-16)17(21)15-9-11-5-1-4-8-14(11)22-15/h1-8,15H,9-10H2,(H,18,20). The number of para-hydroxylation sites is 2. The monoisotopic (exact) mass is 310 g/mol. The van der Waals surface area contributed by atoms with Crippen LogP contribution in [0.2, 0.25) is 0 Å². The van der Waals surface area contributed by atoms with E-state index >= 15 is 0 Å². The van der Waals surface area contributed by atoms with Crippen molar-refractivity contribution in [1.82, 2.24) is 0 Å². The summed E-state index contributed by atoms with van der Waals surface area (Å²) < 4.78 is 0. The van der Waals surface area contributed by atoms with E-state index in [4.69, 9.17) is 0 Å². The smallest absolute Gasteiger partial charge is 0.244 e. The maximum absolute atomic E-state index is 12.9. The van der Waals surface area contributed by atoms with Crippen LogP contribution in [0.3, 0.4) is 0 Å². The van der Waals surface area contributed by atoms with Crippen LogP contribution in [0.4, 0.5) is 11.4 Å². The summed E-state index contributed by atoms with van der Waals surface area (Å²) in [4.78, 5) is 27.5. The predicted octanol–water partition coefficient (Wildman–Crippen LogP) is 2.69. The Morgan fingerprint density at radius 3 is 2.77 bits per heavy atom. The van der Waals surface area contributed by atoms with E-state index < -0.39 is 0 Å². The maximum atomic E-state index is 12.9. The molecule has 1 unspecified atom stereocenters. The molecule has 110 valence electrons. The number of benzene rings is 2. The van der Waals surface area contributed by atoms with Gasteiger partial charge in [0.2, 0.25) is 11.8 Å². The van der Waals surface area contributed by atoms with Crippen LogP contribution >= 0.6 is 11.8 Å². The van der Waals surface area contributed by atoms with E-state index in [0.29, 0.717) is 5.69 Å². The van der Waals surface area contributed by atoms with Gasteiger partial charge in [-0.3, -0.25) is 14.5 Å². The molecule has 1 atom stereocenters. The molecule has 2 amide bonds. The van der Waals surface area contributed by atoms with Gasteiger partial charge in [0, 0.05) is 4.90 Å². The summed E-state index contributed by atoms with van der Waals surface area (Å²) in [6.45, 7) is 0.0866. The average molecular weight is 310 g/mol. The highest BCUT2D eigenvalue weighted by Crippen LogP contribution is 2.39. The Balaban J connectivity index is 1.63. The number of nitrogens with one attached hydrogen (secondary N) is 1. The van der Waals surface area contributed by atoms with Gasteiger partial charge < -0.3 is 5.32 Å². The number of anilines is 2. The second-order valence-electron chi connectivity index (χ2n) is 5.41. The number of carbonyl (C=O) groups is 2. The molecule has 2 heterocycles. The van der Waals surface area contributed by atoms with Gasteiger partial charge in [0.1, 0.15) is 6.54 Å². The Labute approximate surface area is 132 Å². The molecule has 0 bridgehead atoms. The molecule has 2 aliphatic heterocycles. The second-order valence-corrected chi connectivity index (χ2v) is 6.65. The topological polar surface area (TPSA) is 49.4 Å². The zero-order chi connectivity index (χ0) is 15.1. The molecule has 2 aliphatic rings. The van der Waals surface area contributed by atoms with E-state index in [1.807, 2.05) is 42.5 Å². The number of amides is 2. The van der Waals surface area contributed by atoms with Crippen LogP contribution in [0.5, 0.6) is 0 Å². The fraction of sp³-hybridized carbons (Fsp3) is 0.176. The van der Waals surface area contributed by atoms with Gasteiger partial charge in [-0.1, -0.05) is 30.3 Å². The lowest BCUT2D eigenvalue weighted by Gasteiger charge is -2.30. The average Bonchev–Trinajstić information content (AvgIpc) is 2.97. The Morgan fingerprint density at radius 1 is 1.14 bits per heavy atom. The zero-order valence-corrected chi connectivity index (χ0v) is 12.6. The van der Waals surface area contributed by atoms with Gasteiger partial charge in [0.25, 0.3) is 0 Å². The van der Waals surface area contributed by atoms with Gasteiger partial charge >= 0.3 is 0 Å². The van der Waals surface area contributed by atoms with E-state index in [1.54, 1.807) is 16.7 Å². The number of hydrogen-bond acceptors (Lipinski definition) is 3. The zero-order valence-electron chi connectivity index (χ0n) is 11.8. The molecular formula is C17H14N2O2S. The molecule has 0 saturated heterocycles. The normalized spacial score (nSPS) is 19.4. The van der Waals surface area contributed by atoms with Gasteiger partial charge in [0.15, 0.2) is 0 Å². The summed E-state index contributed by atoms with van der Waals surface area (Å²) in [6, 6.07) is 15.5. The quantitative estimate of drug-likeness (QED) is 0.881. The molecule has 4 rings (SSSR count). The largest absolute Gasteiger partial charge is 0.323 e. The summed E-state index contributed by atoms with van der Waals surface area (Å²) >= 11 is 1.59. The minimum atomic E-state index is -0.156. The van der Waals surface area contributed by atoms with E-state index in [2.05, 4.69) is 11.4 Å². The van der Waals surface area contributed by atoms with Crippen molar-refractivity contribution in [2.75, 3.05) is 16.8 Å². The third-order valence-corrected chi connectivity index (χ3v) is 5.26. The Morgan fingerprint density at radius 2 is 1.91 bits per heavy atom. The number of rotatable bonds is 1. The second kappa shape index (κ2) is 5.18. The molecule has 0 aliphatic carbocycles. The fourth-order valence-electron chi connectivity index (χ4n) is 2.92. The minimum absolute atomic E-state index is 0.00324. The first kappa shape index (κ1) is 13.4. The summed E-state index contributed by atoms with van der Waals surface area (Å²) in [6.07, 6.45) is 0.722. The summed E-state index contributed by atoms with van der Waals surface area (Å²) in [5.74, 6) is -0.143. The molecule has 22 heavy (non-hydrogen) atoms. The first-order valence-electron chi connectivity index (χ1n) is 7.17. The first-order valence-corrected chi connectivity index (χ1v) is 8.05. The van der Waals surface area contributed by atoms with E-state index in [0.717, 1.165) is 17.0 Å². The van der Waals surface area contributed by atoms with Gasteiger partial charge in [-0.15, -0.1) is 11.8 Å². The van der Waals surface area contributed by atoms with Crippen LogP contribution in [0.25, 0.3) is 0 Å². The summed E-state index contributed by atoms with van der Waals surface area (Å²) in [5.41, 5.74) is 2.69.